The van der Waals surface area contributed by atoms with E-state index in [1.807, 2.05) is 19.2 Å². The highest BCUT2D eigenvalue weighted by molar-refractivity contribution is 7.11. The van der Waals surface area contributed by atoms with Gasteiger partial charge in [-0.2, -0.15) is 8.78 Å². The van der Waals surface area contributed by atoms with E-state index in [4.69, 9.17) is 4.74 Å². The molecule has 2 N–H and O–H groups in total. The summed E-state index contributed by atoms with van der Waals surface area (Å²) >= 11 is 1.63. The number of alkyl halides is 2. The number of nitrogens with zero attached hydrogens (tertiary/aromatic N) is 2. The van der Waals surface area contributed by atoms with Crippen LogP contribution in [0.5, 0.6) is 11.5 Å². The smallest absolute Gasteiger partial charge is 0.387 e. The second-order valence-corrected chi connectivity index (χ2v) is 6.65. The van der Waals surface area contributed by atoms with Crippen LogP contribution in [0, 0.1) is 6.92 Å². The summed E-state index contributed by atoms with van der Waals surface area (Å²) in [5.41, 5.74) is 0.847. The molecule has 0 bridgehead atoms. The fourth-order valence-electron chi connectivity index (χ4n) is 2.25. The van der Waals surface area contributed by atoms with Gasteiger partial charge in [0.15, 0.2) is 17.5 Å². The molecular formula is C17H22F2N4O2S. The standard InChI is InChI=1S/C17H22F2N4O2S/c1-11-9-22-15(26-11)10-23-17(20-2)21-7-6-12-4-5-13(24-3)14(8-12)25-16(18)19/h4-5,8-9,16H,6-7,10H2,1-3H3,(H2,20,21,23). The average molecular weight is 384 g/mol. The maximum Gasteiger partial charge on any atom is 0.387 e. The Balaban J connectivity index is 1.85. The monoisotopic (exact) mass is 384 g/mol. The molecule has 2 rings (SSSR count). The number of guanidine groups is 1. The predicted octanol–water partition coefficient (Wildman–Crippen LogP) is 2.97. The van der Waals surface area contributed by atoms with Gasteiger partial charge in [0.1, 0.15) is 5.01 Å². The molecule has 9 heteroatoms. The Bertz CT molecular complexity index is 737. The zero-order chi connectivity index (χ0) is 18.9. The molecule has 0 spiro atoms. The van der Waals surface area contributed by atoms with Crippen molar-refractivity contribution in [1.29, 1.82) is 0 Å². The van der Waals surface area contributed by atoms with Crippen LogP contribution < -0.4 is 20.1 Å². The van der Waals surface area contributed by atoms with E-state index < -0.39 is 6.61 Å². The molecule has 0 fully saturated rings. The van der Waals surface area contributed by atoms with E-state index in [9.17, 15) is 8.78 Å². The van der Waals surface area contributed by atoms with Gasteiger partial charge < -0.3 is 20.1 Å². The fraction of sp³-hybridized carbons (Fsp3) is 0.412. The zero-order valence-electron chi connectivity index (χ0n) is 14.9. The van der Waals surface area contributed by atoms with Crippen molar-refractivity contribution in [3.8, 4) is 11.5 Å². The molecule has 2 aromatic rings. The topological polar surface area (TPSA) is 67.8 Å². The summed E-state index contributed by atoms with van der Waals surface area (Å²) in [5, 5.41) is 7.34. The van der Waals surface area contributed by atoms with Gasteiger partial charge >= 0.3 is 6.61 Å². The summed E-state index contributed by atoms with van der Waals surface area (Å²) < 4.78 is 34.5. The normalized spacial score (nSPS) is 11.5. The highest BCUT2D eigenvalue weighted by atomic mass is 32.1. The van der Waals surface area contributed by atoms with Crippen molar-refractivity contribution in [2.75, 3.05) is 20.7 Å². The number of methoxy groups -OCH3 is 1. The van der Waals surface area contributed by atoms with Crippen LogP contribution in [0.3, 0.4) is 0 Å². The van der Waals surface area contributed by atoms with Crippen molar-refractivity contribution in [1.82, 2.24) is 15.6 Å². The number of thiazole rings is 1. The van der Waals surface area contributed by atoms with Crippen molar-refractivity contribution in [2.24, 2.45) is 4.99 Å². The van der Waals surface area contributed by atoms with E-state index in [0.29, 0.717) is 25.5 Å². The predicted molar refractivity (Wildman–Crippen MR) is 98.4 cm³/mol. The van der Waals surface area contributed by atoms with Crippen molar-refractivity contribution in [3.63, 3.8) is 0 Å². The van der Waals surface area contributed by atoms with Gasteiger partial charge in [-0.15, -0.1) is 11.3 Å². The number of benzene rings is 1. The Hall–Kier alpha value is -2.42. The van der Waals surface area contributed by atoms with Crippen molar-refractivity contribution >= 4 is 17.3 Å². The molecule has 0 unspecified atom stereocenters. The van der Waals surface area contributed by atoms with Gasteiger partial charge in [-0.1, -0.05) is 6.07 Å². The van der Waals surface area contributed by atoms with E-state index in [1.54, 1.807) is 30.5 Å². The third-order valence-electron chi connectivity index (χ3n) is 3.45. The molecule has 1 aromatic heterocycles. The molecule has 0 aliphatic rings. The molecule has 1 heterocycles. The molecule has 0 aliphatic carbocycles. The summed E-state index contributed by atoms with van der Waals surface area (Å²) in [6.07, 6.45) is 2.45. The van der Waals surface area contributed by atoms with Gasteiger partial charge in [0, 0.05) is 24.7 Å². The Morgan fingerprint density at radius 3 is 2.73 bits per heavy atom. The zero-order valence-corrected chi connectivity index (χ0v) is 15.7. The first-order valence-corrected chi connectivity index (χ1v) is 8.81. The minimum atomic E-state index is -2.89. The Morgan fingerprint density at radius 2 is 2.12 bits per heavy atom. The Kier molecular flexibility index (Phi) is 7.58. The molecule has 0 saturated carbocycles. The molecule has 26 heavy (non-hydrogen) atoms. The van der Waals surface area contributed by atoms with Gasteiger partial charge in [0.25, 0.3) is 0 Å². The maximum absolute atomic E-state index is 12.5. The largest absolute Gasteiger partial charge is 0.493 e. The van der Waals surface area contributed by atoms with Crippen LogP contribution >= 0.6 is 11.3 Å². The third-order valence-corrected chi connectivity index (χ3v) is 4.36. The average Bonchev–Trinajstić information content (AvgIpc) is 3.03. The van der Waals surface area contributed by atoms with Crippen LogP contribution in [0.1, 0.15) is 15.4 Å². The van der Waals surface area contributed by atoms with Gasteiger partial charge in [-0.25, -0.2) is 4.98 Å². The third kappa shape index (κ3) is 6.14. The van der Waals surface area contributed by atoms with E-state index in [2.05, 4.69) is 25.3 Å². The number of hydrogen-bond acceptors (Lipinski definition) is 5. The minimum absolute atomic E-state index is 0.0293. The summed E-state index contributed by atoms with van der Waals surface area (Å²) in [6.45, 7) is 0.286. The first-order valence-electron chi connectivity index (χ1n) is 7.99. The fourth-order valence-corrected chi connectivity index (χ4v) is 2.98. The number of nitrogens with one attached hydrogen (secondary N) is 2. The van der Waals surface area contributed by atoms with Gasteiger partial charge in [0.2, 0.25) is 0 Å². The van der Waals surface area contributed by atoms with Crippen LogP contribution in [-0.2, 0) is 13.0 Å². The van der Waals surface area contributed by atoms with Crippen molar-refractivity contribution in [3.05, 3.63) is 39.8 Å². The van der Waals surface area contributed by atoms with E-state index in [-0.39, 0.29) is 11.5 Å². The number of rotatable bonds is 8. The van der Waals surface area contributed by atoms with Crippen molar-refractivity contribution < 1.29 is 18.3 Å². The van der Waals surface area contributed by atoms with Gasteiger partial charge in [0.05, 0.1) is 13.7 Å². The molecule has 142 valence electrons. The number of hydrogen-bond donors (Lipinski definition) is 2. The number of aryl methyl sites for hydroxylation is 1. The Labute approximate surface area is 155 Å². The van der Waals surface area contributed by atoms with Crippen LogP contribution in [0.25, 0.3) is 0 Å². The van der Waals surface area contributed by atoms with Crippen LogP contribution in [0.2, 0.25) is 0 Å². The lowest BCUT2D eigenvalue weighted by molar-refractivity contribution is -0.0512. The molecule has 0 aliphatic heterocycles. The van der Waals surface area contributed by atoms with Crippen LogP contribution in [0.15, 0.2) is 29.4 Å². The van der Waals surface area contributed by atoms with Gasteiger partial charge in [-0.3, -0.25) is 4.99 Å². The van der Waals surface area contributed by atoms with E-state index >= 15 is 0 Å². The van der Waals surface area contributed by atoms with E-state index in [0.717, 1.165) is 15.4 Å². The molecule has 0 saturated heterocycles. The molecule has 0 atom stereocenters. The lowest BCUT2D eigenvalue weighted by Gasteiger charge is -2.13. The highest BCUT2D eigenvalue weighted by Gasteiger charge is 2.11. The number of aromatic nitrogens is 1. The summed E-state index contributed by atoms with van der Waals surface area (Å²) in [7, 11) is 3.10. The van der Waals surface area contributed by atoms with Crippen LogP contribution in [0.4, 0.5) is 8.78 Å². The lowest BCUT2D eigenvalue weighted by atomic mass is 10.1. The summed E-state index contributed by atoms with van der Waals surface area (Å²) in [6, 6.07) is 4.99. The number of halogens is 2. The second-order valence-electron chi connectivity index (χ2n) is 5.33. The molecule has 1 aromatic carbocycles. The first kappa shape index (κ1) is 19.9. The SMILES string of the molecule is CN=C(NCCc1ccc(OC)c(OC(F)F)c1)NCc1ncc(C)s1. The summed E-state index contributed by atoms with van der Waals surface area (Å²) in [4.78, 5) is 9.60. The molecule has 0 amide bonds. The van der Waals surface area contributed by atoms with Crippen molar-refractivity contribution in [2.45, 2.75) is 26.5 Å². The summed E-state index contributed by atoms with van der Waals surface area (Å²) in [5.74, 6) is 0.954. The van der Waals surface area contributed by atoms with Gasteiger partial charge in [-0.05, 0) is 31.0 Å². The second kappa shape index (κ2) is 9.91. The van der Waals surface area contributed by atoms with E-state index in [1.165, 1.54) is 7.11 Å². The Morgan fingerprint density at radius 1 is 1.31 bits per heavy atom. The lowest BCUT2D eigenvalue weighted by Crippen LogP contribution is -2.37. The molecule has 0 radical (unpaired) electrons. The first-order chi connectivity index (χ1) is 12.5. The number of ether oxygens (including phenoxy) is 2. The highest BCUT2D eigenvalue weighted by Crippen LogP contribution is 2.29. The minimum Gasteiger partial charge on any atom is -0.493 e. The number of aliphatic imine (C=N–C) groups is 1. The quantitative estimate of drug-likeness (QED) is 0.541. The van der Waals surface area contributed by atoms with Crippen LogP contribution in [-0.4, -0.2) is 38.3 Å². The molecular weight excluding hydrogens is 362 g/mol. The maximum atomic E-state index is 12.5. The molecule has 6 nitrogen and oxygen atoms in total.